The molecular formula is C21H31N3O4S. The zero-order valence-electron chi connectivity index (χ0n) is 17.0. The van der Waals surface area contributed by atoms with Gasteiger partial charge < -0.3 is 10.1 Å². The number of amides is 2. The summed E-state index contributed by atoms with van der Waals surface area (Å²) in [5, 5.41) is 2.89. The number of nitrogens with zero attached hydrogens (tertiary/aromatic N) is 1. The van der Waals surface area contributed by atoms with Crippen LogP contribution in [-0.2, 0) is 40.4 Å². The van der Waals surface area contributed by atoms with Crippen LogP contribution in [0.2, 0.25) is 0 Å². The van der Waals surface area contributed by atoms with Gasteiger partial charge in [-0.15, -0.1) is 0 Å². The predicted octanol–water partition coefficient (Wildman–Crippen LogP) is 2.23. The first-order valence-electron chi connectivity index (χ1n) is 10.8. The molecule has 1 fully saturated rings. The third-order valence-corrected chi connectivity index (χ3v) is 7.52. The number of rotatable bonds is 7. The highest BCUT2D eigenvalue weighted by molar-refractivity contribution is 7.90. The molecule has 7 nitrogen and oxygen atoms in total. The van der Waals surface area contributed by atoms with Crippen molar-refractivity contribution in [1.82, 2.24) is 9.62 Å². The number of carbonyl (C=O) groups excluding carboxylic acids is 1. The fourth-order valence-corrected chi connectivity index (χ4v) is 5.77. The van der Waals surface area contributed by atoms with Crippen LogP contribution in [0.15, 0.2) is 6.07 Å². The highest BCUT2D eigenvalue weighted by atomic mass is 32.2. The molecule has 3 aliphatic rings. The van der Waals surface area contributed by atoms with E-state index in [0.717, 1.165) is 83.5 Å². The number of nitrogens with one attached hydrogen (secondary N) is 2. The van der Waals surface area contributed by atoms with Gasteiger partial charge >= 0.3 is 6.03 Å². The molecule has 160 valence electrons. The van der Waals surface area contributed by atoms with Gasteiger partial charge in [0, 0.05) is 18.8 Å². The zero-order valence-corrected chi connectivity index (χ0v) is 17.8. The summed E-state index contributed by atoms with van der Waals surface area (Å²) in [5.74, 6) is -0.0320. The number of morpholine rings is 1. The number of hydrogen-bond acceptors (Lipinski definition) is 5. The maximum atomic E-state index is 12.5. The summed E-state index contributed by atoms with van der Waals surface area (Å²) in [6.07, 6.45) is 7.50. The van der Waals surface area contributed by atoms with Crippen molar-refractivity contribution >= 4 is 21.7 Å². The average Bonchev–Trinajstić information content (AvgIpc) is 3.34. The average molecular weight is 422 g/mol. The summed E-state index contributed by atoms with van der Waals surface area (Å²) >= 11 is 0. The lowest BCUT2D eigenvalue weighted by Gasteiger charge is -2.26. The standard InChI is InChI=1S/C21H31N3O4S/c25-21(23-29(26,27)14-2-1-9-24-10-12-28-13-11-24)22-20-18-7-3-5-16(18)15-17-6-4-8-19(17)20/h15H,1-14H2,(H2,22,23,25). The van der Waals surface area contributed by atoms with E-state index in [0.29, 0.717) is 6.42 Å². The summed E-state index contributed by atoms with van der Waals surface area (Å²) in [4.78, 5) is 14.8. The Labute approximate surface area is 173 Å². The molecule has 4 rings (SSSR count). The maximum Gasteiger partial charge on any atom is 0.332 e. The van der Waals surface area contributed by atoms with Crippen LogP contribution in [-0.4, -0.2) is 57.9 Å². The van der Waals surface area contributed by atoms with Crippen LogP contribution in [0.4, 0.5) is 10.5 Å². The minimum atomic E-state index is -3.64. The van der Waals surface area contributed by atoms with Crippen molar-refractivity contribution < 1.29 is 17.9 Å². The fraction of sp³-hybridized carbons (Fsp3) is 0.667. The van der Waals surface area contributed by atoms with Gasteiger partial charge in [-0.25, -0.2) is 17.9 Å². The normalized spacial score (nSPS) is 19.0. The van der Waals surface area contributed by atoms with Gasteiger partial charge in [-0.2, -0.15) is 0 Å². The van der Waals surface area contributed by atoms with Gasteiger partial charge in [-0.05, 0) is 80.2 Å². The molecule has 0 saturated carbocycles. The topological polar surface area (TPSA) is 87.7 Å². The monoisotopic (exact) mass is 421 g/mol. The Hall–Kier alpha value is -1.64. The molecule has 1 saturated heterocycles. The first kappa shape index (κ1) is 20.6. The Balaban J connectivity index is 1.30. The Morgan fingerprint density at radius 2 is 1.66 bits per heavy atom. The van der Waals surface area contributed by atoms with E-state index < -0.39 is 16.1 Å². The number of ether oxygens (including phenoxy) is 1. The molecule has 2 amide bonds. The number of sulfonamides is 1. The second-order valence-corrected chi connectivity index (χ2v) is 10.1. The lowest BCUT2D eigenvalue weighted by Crippen LogP contribution is -2.38. The van der Waals surface area contributed by atoms with E-state index in [1.54, 1.807) is 0 Å². The second kappa shape index (κ2) is 9.02. The summed E-state index contributed by atoms with van der Waals surface area (Å²) < 4.78 is 32.2. The molecule has 8 heteroatoms. The van der Waals surface area contributed by atoms with E-state index in [9.17, 15) is 13.2 Å². The van der Waals surface area contributed by atoms with E-state index in [4.69, 9.17) is 4.74 Å². The lowest BCUT2D eigenvalue weighted by atomic mass is 9.99. The lowest BCUT2D eigenvalue weighted by molar-refractivity contribution is 0.0373. The van der Waals surface area contributed by atoms with Crippen LogP contribution >= 0.6 is 0 Å². The zero-order chi connectivity index (χ0) is 20.3. The number of carbonyl (C=O) groups is 1. The number of unbranched alkanes of at least 4 members (excludes halogenated alkanes) is 1. The summed E-state index contributed by atoms with van der Waals surface area (Å²) in [6, 6.07) is 1.66. The molecule has 1 aliphatic heterocycles. The van der Waals surface area contributed by atoms with Crippen LogP contribution in [0.3, 0.4) is 0 Å². The van der Waals surface area contributed by atoms with Crippen LogP contribution in [0.1, 0.15) is 47.9 Å². The number of urea groups is 1. The molecule has 0 bridgehead atoms. The predicted molar refractivity (Wildman–Crippen MR) is 113 cm³/mol. The molecule has 2 aliphatic carbocycles. The van der Waals surface area contributed by atoms with E-state index >= 15 is 0 Å². The van der Waals surface area contributed by atoms with Gasteiger partial charge in [0.25, 0.3) is 0 Å². The number of anilines is 1. The van der Waals surface area contributed by atoms with Crippen molar-refractivity contribution in [3.63, 3.8) is 0 Å². The molecule has 0 unspecified atom stereocenters. The van der Waals surface area contributed by atoms with Gasteiger partial charge in [-0.3, -0.25) is 4.90 Å². The van der Waals surface area contributed by atoms with Crippen LogP contribution in [0.5, 0.6) is 0 Å². The van der Waals surface area contributed by atoms with Crippen LogP contribution in [0.25, 0.3) is 0 Å². The van der Waals surface area contributed by atoms with Gasteiger partial charge in [0.05, 0.1) is 19.0 Å². The van der Waals surface area contributed by atoms with E-state index in [1.165, 1.54) is 22.3 Å². The molecule has 0 spiro atoms. The van der Waals surface area contributed by atoms with E-state index in [2.05, 4.69) is 21.0 Å². The highest BCUT2D eigenvalue weighted by Gasteiger charge is 2.26. The number of aryl methyl sites for hydroxylation is 2. The second-order valence-electron chi connectivity index (χ2n) is 8.27. The first-order chi connectivity index (χ1) is 14.0. The SMILES string of the molecule is O=C(Nc1c2c(cc3c1CCC3)CCC2)NS(=O)(=O)CCCCN1CCOCC1. The molecule has 0 radical (unpaired) electrons. The molecule has 1 heterocycles. The van der Waals surface area contributed by atoms with Crippen molar-refractivity contribution in [3.05, 3.63) is 28.3 Å². The van der Waals surface area contributed by atoms with Crippen molar-refractivity contribution in [2.24, 2.45) is 0 Å². The van der Waals surface area contributed by atoms with Crippen molar-refractivity contribution in [3.8, 4) is 0 Å². The summed E-state index contributed by atoms with van der Waals surface area (Å²) in [6.45, 7) is 4.16. The van der Waals surface area contributed by atoms with Gasteiger partial charge in [0.2, 0.25) is 10.0 Å². The number of hydrogen-bond donors (Lipinski definition) is 2. The molecule has 2 N–H and O–H groups in total. The van der Waals surface area contributed by atoms with Crippen LogP contribution in [0, 0.1) is 0 Å². The van der Waals surface area contributed by atoms with Gasteiger partial charge in [-0.1, -0.05) is 6.07 Å². The largest absolute Gasteiger partial charge is 0.379 e. The molecular weight excluding hydrogens is 390 g/mol. The van der Waals surface area contributed by atoms with E-state index in [-0.39, 0.29) is 5.75 Å². The van der Waals surface area contributed by atoms with Crippen molar-refractivity contribution in [2.75, 3.05) is 43.9 Å². The third kappa shape index (κ3) is 5.10. The Morgan fingerprint density at radius 1 is 1.00 bits per heavy atom. The molecule has 1 aromatic carbocycles. The minimum absolute atomic E-state index is 0.0320. The first-order valence-corrected chi connectivity index (χ1v) is 12.5. The Kier molecular flexibility index (Phi) is 6.41. The minimum Gasteiger partial charge on any atom is -0.379 e. The molecule has 0 atom stereocenters. The summed E-state index contributed by atoms with van der Waals surface area (Å²) in [7, 11) is -3.64. The smallest absolute Gasteiger partial charge is 0.332 e. The highest BCUT2D eigenvalue weighted by Crippen LogP contribution is 2.38. The Bertz CT molecular complexity index is 831. The van der Waals surface area contributed by atoms with Gasteiger partial charge in [0.1, 0.15) is 0 Å². The van der Waals surface area contributed by atoms with E-state index in [1.807, 2.05) is 0 Å². The third-order valence-electron chi connectivity index (χ3n) is 6.20. The fourth-order valence-electron chi connectivity index (χ4n) is 4.75. The number of benzene rings is 1. The molecule has 29 heavy (non-hydrogen) atoms. The van der Waals surface area contributed by atoms with Crippen molar-refractivity contribution in [1.29, 1.82) is 0 Å². The molecule has 1 aromatic rings. The number of fused-ring (bicyclic) bond motifs is 2. The van der Waals surface area contributed by atoms with Crippen LogP contribution < -0.4 is 10.0 Å². The van der Waals surface area contributed by atoms with Crippen molar-refractivity contribution in [2.45, 2.75) is 51.4 Å². The quantitative estimate of drug-likeness (QED) is 0.659. The summed E-state index contributed by atoms with van der Waals surface area (Å²) in [5.41, 5.74) is 5.89. The Morgan fingerprint density at radius 3 is 2.31 bits per heavy atom. The maximum absolute atomic E-state index is 12.5. The molecule has 0 aromatic heterocycles. The van der Waals surface area contributed by atoms with Gasteiger partial charge in [0.15, 0.2) is 0 Å².